The Balaban J connectivity index is 2.45. The molecular formula is C9H15N5O3S. The number of carbonyl (C=O) groups is 2. The van der Waals surface area contributed by atoms with Gasteiger partial charge < -0.3 is 10.1 Å². The molecule has 9 heteroatoms. The second kappa shape index (κ2) is 7.64. The summed E-state index contributed by atoms with van der Waals surface area (Å²) in [6, 6.07) is 0. The summed E-state index contributed by atoms with van der Waals surface area (Å²) in [7, 11) is 1.29. The first-order valence-corrected chi connectivity index (χ1v) is 6.38. The molecule has 0 aromatic carbocycles. The number of thioether (sulfide) groups is 1. The summed E-state index contributed by atoms with van der Waals surface area (Å²) < 4.78 is 5.81. The monoisotopic (exact) mass is 273 g/mol. The topological polar surface area (TPSA) is 99.0 Å². The minimum absolute atomic E-state index is 0.0671. The van der Waals surface area contributed by atoms with Crippen molar-refractivity contribution in [1.82, 2.24) is 25.5 Å². The summed E-state index contributed by atoms with van der Waals surface area (Å²) in [5.74, 6) is -0.323. The molecule has 0 saturated carbocycles. The van der Waals surface area contributed by atoms with E-state index in [0.717, 1.165) is 6.42 Å². The predicted molar refractivity (Wildman–Crippen MR) is 63.9 cm³/mol. The number of rotatable bonds is 7. The average Bonchev–Trinajstić information content (AvgIpc) is 2.81. The molecule has 1 N–H and O–H groups in total. The van der Waals surface area contributed by atoms with E-state index in [1.54, 1.807) is 0 Å². The van der Waals surface area contributed by atoms with Crippen LogP contribution in [0.25, 0.3) is 0 Å². The molecule has 1 heterocycles. The number of hydrogen-bond donors (Lipinski definition) is 1. The van der Waals surface area contributed by atoms with Crippen molar-refractivity contribution in [2.75, 3.05) is 19.4 Å². The second-order valence-corrected chi connectivity index (χ2v) is 4.28. The van der Waals surface area contributed by atoms with Crippen LogP contribution >= 0.6 is 11.8 Å². The molecule has 1 aromatic rings. The lowest BCUT2D eigenvalue weighted by Gasteiger charge is -2.03. The SMILES string of the molecule is CCCNC(=O)CSc1nnnn1CC(=O)OC. The highest BCUT2D eigenvalue weighted by molar-refractivity contribution is 7.99. The number of nitrogens with one attached hydrogen (secondary N) is 1. The van der Waals surface area contributed by atoms with Gasteiger partial charge in [0, 0.05) is 6.54 Å². The first kappa shape index (κ1) is 14.4. The van der Waals surface area contributed by atoms with Crippen molar-refractivity contribution in [1.29, 1.82) is 0 Å². The molecule has 0 unspecified atom stereocenters. The molecule has 1 rings (SSSR count). The van der Waals surface area contributed by atoms with E-state index in [0.29, 0.717) is 11.7 Å². The van der Waals surface area contributed by atoms with Gasteiger partial charge >= 0.3 is 5.97 Å². The van der Waals surface area contributed by atoms with Gasteiger partial charge in [0.1, 0.15) is 6.54 Å². The highest BCUT2D eigenvalue weighted by Gasteiger charge is 2.12. The summed E-state index contributed by atoms with van der Waals surface area (Å²) in [5.41, 5.74) is 0. The molecule has 0 radical (unpaired) electrons. The number of methoxy groups -OCH3 is 1. The molecule has 0 spiro atoms. The molecular weight excluding hydrogens is 258 g/mol. The van der Waals surface area contributed by atoms with Crippen molar-refractivity contribution in [2.24, 2.45) is 0 Å². The Morgan fingerprint density at radius 2 is 2.28 bits per heavy atom. The molecule has 0 bridgehead atoms. The Hall–Kier alpha value is -1.64. The van der Waals surface area contributed by atoms with Gasteiger partial charge in [0.25, 0.3) is 0 Å². The molecule has 100 valence electrons. The van der Waals surface area contributed by atoms with E-state index in [1.165, 1.54) is 23.6 Å². The standard InChI is InChI=1S/C9H15N5O3S/c1-3-4-10-7(15)6-18-9-11-12-13-14(9)5-8(16)17-2/h3-6H2,1-2H3,(H,10,15). The van der Waals surface area contributed by atoms with Gasteiger partial charge in [-0.15, -0.1) is 5.10 Å². The van der Waals surface area contributed by atoms with Crippen LogP contribution in [0.1, 0.15) is 13.3 Å². The van der Waals surface area contributed by atoms with Crippen LogP contribution < -0.4 is 5.32 Å². The van der Waals surface area contributed by atoms with Crippen molar-refractivity contribution < 1.29 is 14.3 Å². The van der Waals surface area contributed by atoms with Gasteiger partial charge in [-0.2, -0.15) is 0 Å². The van der Waals surface area contributed by atoms with Gasteiger partial charge in [0.2, 0.25) is 11.1 Å². The molecule has 18 heavy (non-hydrogen) atoms. The third-order valence-corrected chi connectivity index (χ3v) is 2.87. The maximum absolute atomic E-state index is 11.4. The van der Waals surface area contributed by atoms with Gasteiger partial charge in [-0.1, -0.05) is 18.7 Å². The lowest BCUT2D eigenvalue weighted by molar-refractivity contribution is -0.141. The van der Waals surface area contributed by atoms with E-state index >= 15 is 0 Å². The van der Waals surface area contributed by atoms with Crippen LogP contribution in [-0.2, 0) is 20.9 Å². The summed E-state index contributed by atoms with van der Waals surface area (Å²) in [6.07, 6.45) is 0.885. The van der Waals surface area contributed by atoms with Gasteiger partial charge in [-0.05, 0) is 16.8 Å². The molecule has 0 aliphatic carbocycles. The number of hydrogen-bond acceptors (Lipinski definition) is 7. The molecule has 0 aliphatic rings. The Morgan fingerprint density at radius 3 is 2.94 bits per heavy atom. The van der Waals surface area contributed by atoms with E-state index in [-0.39, 0.29) is 18.2 Å². The predicted octanol–water partition coefficient (Wildman–Crippen LogP) is -0.536. The Morgan fingerprint density at radius 1 is 1.50 bits per heavy atom. The molecule has 0 aliphatic heterocycles. The fourth-order valence-corrected chi connectivity index (χ4v) is 1.74. The van der Waals surface area contributed by atoms with Crippen LogP contribution in [-0.4, -0.2) is 51.5 Å². The summed E-state index contributed by atoms with van der Waals surface area (Å²) >= 11 is 1.17. The quantitative estimate of drug-likeness (QED) is 0.526. The molecule has 0 saturated heterocycles. The van der Waals surface area contributed by atoms with E-state index in [4.69, 9.17) is 0 Å². The van der Waals surface area contributed by atoms with Crippen LogP contribution in [0.2, 0.25) is 0 Å². The maximum Gasteiger partial charge on any atom is 0.327 e. The number of ether oxygens (including phenoxy) is 1. The lowest BCUT2D eigenvalue weighted by atomic mass is 10.5. The van der Waals surface area contributed by atoms with Gasteiger partial charge in [0.15, 0.2) is 0 Å². The van der Waals surface area contributed by atoms with Crippen molar-refractivity contribution in [3.63, 3.8) is 0 Å². The van der Waals surface area contributed by atoms with Crippen molar-refractivity contribution in [3.05, 3.63) is 0 Å². The summed E-state index contributed by atoms with van der Waals surface area (Å²) in [4.78, 5) is 22.5. The Labute approximate surface area is 108 Å². The zero-order valence-electron chi connectivity index (χ0n) is 10.3. The number of amides is 1. The van der Waals surface area contributed by atoms with Crippen molar-refractivity contribution >= 4 is 23.6 Å². The zero-order chi connectivity index (χ0) is 13.4. The van der Waals surface area contributed by atoms with Crippen LogP contribution in [0, 0.1) is 0 Å². The maximum atomic E-state index is 11.4. The number of nitrogens with zero attached hydrogens (tertiary/aromatic N) is 4. The molecule has 0 fully saturated rings. The van der Waals surface area contributed by atoms with E-state index < -0.39 is 5.97 Å². The normalized spacial score (nSPS) is 10.1. The zero-order valence-corrected chi connectivity index (χ0v) is 11.1. The molecule has 1 amide bonds. The summed E-state index contributed by atoms with van der Waals surface area (Å²) in [6.45, 7) is 2.55. The average molecular weight is 273 g/mol. The fraction of sp³-hybridized carbons (Fsp3) is 0.667. The highest BCUT2D eigenvalue weighted by atomic mass is 32.2. The van der Waals surface area contributed by atoms with Crippen LogP contribution in [0.15, 0.2) is 5.16 Å². The van der Waals surface area contributed by atoms with Crippen LogP contribution in [0.3, 0.4) is 0 Å². The van der Waals surface area contributed by atoms with Gasteiger partial charge in [0.05, 0.1) is 12.9 Å². The van der Waals surface area contributed by atoms with Crippen LogP contribution in [0.5, 0.6) is 0 Å². The largest absolute Gasteiger partial charge is 0.468 e. The number of tetrazole rings is 1. The minimum atomic E-state index is -0.445. The van der Waals surface area contributed by atoms with Crippen molar-refractivity contribution in [2.45, 2.75) is 25.0 Å². The minimum Gasteiger partial charge on any atom is -0.468 e. The second-order valence-electron chi connectivity index (χ2n) is 3.33. The van der Waals surface area contributed by atoms with Gasteiger partial charge in [-0.3, -0.25) is 9.59 Å². The number of carbonyl (C=O) groups excluding carboxylic acids is 2. The first-order chi connectivity index (χ1) is 8.67. The first-order valence-electron chi connectivity index (χ1n) is 5.39. The molecule has 0 atom stereocenters. The van der Waals surface area contributed by atoms with Crippen molar-refractivity contribution in [3.8, 4) is 0 Å². The smallest absolute Gasteiger partial charge is 0.327 e. The fourth-order valence-electron chi connectivity index (χ4n) is 1.03. The Bertz CT molecular complexity index is 409. The van der Waals surface area contributed by atoms with Crippen LogP contribution in [0.4, 0.5) is 0 Å². The van der Waals surface area contributed by atoms with E-state index in [2.05, 4.69) is 25.6 Å². The highest BCUT2D eigenvalue weighted by Crippen LogP contribution is 2.12. The molecule has 8 nitrogen and oxygen atoms in total. The van der Waals surface area contributed by atoms with E-state index in [1.807, 2.05) is 6.92 Å². The molecule has 1 aromatic heterocycles. The number of aromatic nitrogens is 4. The van der Waals surface area contributed by atoms with E-state index in [9.17, 15) is 9.59 Å². The lowest BCUT2D eigenvalue weighted by Crippen LogP contribution is -2.26. The Kier molecular flexibility index (Phi) is 6.12. The van der Waals surface area contributed by atoms with Gasteiger partial charge in [-0.25, -0.2) is 4.68 Å². The third kappa shape index (κ3) is 4.70. The summed E-state index contributed by atoms with van der Waals surface area (Å²) in [5, 5.41) is 14.0. The third-order valence-electron chi connectivity index (χ3n) is 1.91. The number of esters is 1.